The van der Waals surface area contributed by atoms with Gasteiger partial charge in [0, 0.05) is 12.1 Å². The van der Waals surface area contributed by atoms with Gasteiger partial charge in [-0.15, -0.1) is 0 Å². The predicted molar refractivity (Wildman–Crippen MR) is 103 cm³/mol. The van der Waals surface area contributed by atoms with E-state index in [1.807, 2.05) is 0 Å². The minimum absolute atomic E-state index is 0.0125. The SMILES string of the molecule is CCOC(=O)COc1c(Cl)cc(/C=N/Nc2ccc([N+](=O)[O-])cc2)cc1Cl. The molecule has 2 aromatic rings. The standard InChI is InChI=1S/C17H15Cl2N3O5/c1-2-26-16(23)10-27-17-14(18)7-11(8-15(17)19)9-20-21-12-3-5-13(6-4-12)22(24)25/h3-9,21H,2,10H2,1H3/b20-9+. The van der Waals surface area contributed by atoms with Crippen molar-refractivity contribution in [3.63, 3.8) is 0 Å². The normalized spacial score (nSPS) is 10.6. The first-order valence-corrected chi connectivity index (χ1v) is 8.47. The molecule has 0 saturated heterocycles. The number of nitrogens with one attached hydrogen (secondary N) is 1. The van der Waals surface area contributed by atoms with Crippen molar-refractivity contribution in [2.24, 2.45) is 5.10 Å². The zero-order chi connectivity index (χ0) is 19.8. The molecule has 0 heterocycles. The van der Waals surface area contributed by atoms with Gasteiger partial charge in [0.25, 0.3) is 5.69 Å². The summed E-state index contributed by atoms with van der Waals surface area (Å²) in [6.45, 7) is 1.64. The number of carbonyl (C=O) groups is 1. The summed E-state index contributed by atoms with van der Waals surface area (Å²) < 4.78 is 10.1. The maximum atomic E-state index is 11.3. The van der Waals surface area contributed by atoms with Gasteiger partial charge in [-0.2, -0.15) is 5.10 Å². The summed E-state index contributed by atoms with van der Waals surface area (Å²) in [7, 11) is 0. The van der Waals surface area contributed by atoms with Crippen molar-refractivity contribution < 1.29 is 19.2 Å². The van der Waals surface area contributed by atoms with Crippen LogP contribution in [0.1, 0.15) is 12.5 Å². The van der Waals surface area contributed by atoms with Gasteiger partial charge in [-0.1, -0.05) is 23.2 Å². The van der Waals surface area contributed by atoms with E-state index < -0.39 is 10.9 Å². The third-order valence-electron chi connectivity index (χ3n) is 3.15. The van der Waals surface area contributed by atoms with E-state index in [2.05, 4.69) is 10.5 Å². The molecule has 0 aliphatic rings. The Morgan fingerprint density at radius 1 is 1.26 bits per heavy atom. The summed E-state index contributed by atoms with van der Waals surface area (Å²) in [5.74, 6) is -0.352. The van der Waals surface area contributed by atoms with Crippen molar-refractivity contribution >= 4 is 46.8 Å². The Labute approximate surface area is 164 Å². The third kappa shape index (κ3) is 6.12. The molecule has 0 saturated carbocycles. The highest BCUT2D eigenvalue weighted by molar-refractivity contribution is 6.37. The van der Waals surface area contributed by atoms with E-state index in [4.69, 9.17) is 32.7 Å². The molecule has 0 radical (unpaired) electrons. The lowest BCUT2D eigenvalue weighted by atomic mass is 10.2. The van der Waals surface area contributed by atoms with E-state index >= 15 is 0 Å². The molecule has 8 nitrogen and oxygen atoms in total. The molecule has 0 unspecified atom stereocenters. The van der Waals surface area contributed by atoms with E-state index in [1.54, 1.807) is 19.1 Å². The number of nitro groups is 1. The number of non-ortho nitro benzene ring substituents is 1. The van der Waals surface area contributed by atoms with Gasteiger partial charge in [0.2, 0.25) is 0 Å². The first-order chi connectivity index (χ1) is 12.9. The van der Waals surface area contributed by atoms with Crippen molar-refractivity contribution in [1.29, 1.82) is 0 Å². The lowest BCUT2D eigenvalue weighted by molar-refractivity contribution is -0.384. The molecule has 2 rings (SSSR count). The van der Waals surface area contributed by atoms with Crippen LogP contribution in [0.15, 0.2) is 41.5 Å². The average Bonchev–Trinajstić information content (AvgIpc) is 2.61. The lowest BCUT2D eigenvalue weighted by Crippen LogP contribution is -2.14. The molecule has 142 valence electrons. The summed E-state index contributed by atoms with van der Waals surface area (Å²) in [6, 6.07) is 8.91. The molecule has 0 aliphatic carbocycles. The molecular formula is C17H15Cl2N3O5. The van der Waals surface area contributed by atoms with Crippen molar-refractivity contribution in [2.75, 3.05) is 18.6 Å². The minimum atomic E-state index is -0.525. The van der Waals surface area contributed by atoms with Crippen LogP contribution in [0.4, 0.5) is 11.4 Å². The molecule has 0 spiro atoms. The number of hydrogen-bond donors (Lipinski definition) is 1. The summed E-state index contributed by atoms with van der Waals surface area (Å²) in [5, 5.41) is 15.1. The van der Waals surface area contributed by atoms with Gasteiger partial charge in [0.1, 0.15) is 0 Å². The molecule has 0 amide bonds. The number of hydrogen-bond acceptors (Lipinski definition) is 7. The molecule has 0 atom stereocenters. The predicted octanol–water partition coefficient (Wildman–Crippen LogP) is 4.29. The van der Waals surface area contributed by atoms with E-state index in [0.717, 1.165) is 0 Å². The van der Waals surface area contributed by atoms with Crippen LogP contribution in [0.25, 0.3) is 0 Å². The maximum absolute atomic E-state index is 11.3. The smallest absolute Gasteiger partial charge is 0.344 e. The highest BCUT2D eigenvalue weighted by atomic mass is 35.5. The molecule has 10 heteroatoms. The van der Waals surface area contributed by atoms with Crippen LogP contribution in [0.3, 0.4) is 0 Å². The van der Waals surface area contributed by atoms with Gasteiger partial charge in [-0.25, -0.2) is 4.79 Å². The Morgan fingerprint density at radius 3 is 2.44 bits per heavy atom. The number of nitro benzene ring substituents is 1. The number of rotatable bonds is 8. The van der Waals surface area contributed by atoms with E-state index in [9.17, 15) is 14.9 Å². The average molecular weight is 412 g/mol. The number of halogens is 2. The van der Waals surface area contributed by atoms with Gasteiger partial charge in [-0.05, 0) is 36.8 Å². The fourth-order valence-electron chi connectivity index (χ4n) is 1.96. The topological polar surface area (TPSA) is 103 Å². The highest BCUT2D eigenvalue weighted by Crippen LogP contribution is 2.33. The van der Waals surface area contributed by atoms with Crippen LogP contribution in [0.2, 0.25) is 10.0 Å². The zero-order valence-corrected chi connectivity index (χ0v) is 15.7. The van der Waals surface area contributed by atoms with Crippen molar-refractivity contribution in [3.8, 4) is 5.75 Å². The molecule has 2 aromatic carbocycles. The minimum Gasteiger partial charge on any atom is -0.479 e. The number of anilines is 1. The van der Waals surface area contributed by atoms with Crippen LogP contribution in [0, 0.1) is 10.1 Å². The molecule has 27 heavy (non-hydrogen) atoms. The molecule has 0 aliphatic heterocycles. The number of ether oxygens (including phenoxy) is 2. The van der Waals surface area contributed by atoms with Crippen LogP contribution in [0.5, 0.6) is 5.75 Å². The summed E-state index contributed by atoms with van der Waals surface area (Å²) in [6.07, 6.45) is 1.47. The molecule has 1 N–H and O–H groups in total. The summed E-state index contributed by atoms with van der Waals surface area (Å²) in [4.78, 5) is 21.5. The lowest BCUT2D eigenvalue weighted by Gasteiger charge is -2.10. The number of hydrazone groups is 1. The second-order valence-corrected chi connectivity index (χ2v) is 5.90. The third-order valence-corrected chi connectivity index (χ3v) is 3.71. The quantitative estimate of drug-likeness (QED) is 0.300. The first-order valence-electron chi connectivity index (χ1n) is 7.71. The van der Waals surface area contributed by atoms with Crippen LogP contribution < -0.4 is 10.2 Å². The zero-order valence-electron chi connectivity index (χ0n) is 14.1. The summed E-state index contributed by atoms with van der Waals surface area (Å²) in [5.41, 5.74) is 3.88. The van der Waals surface area contributed by atoms with Gasteiger partial charge in [-0.3, -0.25) is 15.5 Å². The van der Waals surface area contributed by atoms with Gasteiger partial charge in [0.05, 0.1) is 33.5 Å². The number of nitrogens with zero attached hydrogens (tertiary/aromatic N) is 2. The van der Waals surface area contributed by atoms with Gasteiger partial charge < -0.3 is 9.47 Å². The Kier molecular flexibility index (Phi) is 7.39. The Hall–Kier alpha value is -2.84. The molecule has 0 bridgehead atoms. The maximum Gasteiger partial charge on any atom is 0.344 e. The Bertz CT molecular complexity index is 833. The van der Waals surface area contributed by atoms with E-state index in [0.29, 0.717) is 11.3 Å². The van der Waals surface area contributed by atoms with E-state index in [-0.39, 0.29) is 34.7 Å². The highest BCUT2D eigenvalue weighted by Gasteiger charge is 2.12. The molecular weight excluding hydrogens is 397 g/mol. The number of benzene rings is 2. The first kappa shape index (κ1) is 20.5. The second-order valence-electron chi connectivity index (χ2n) is 5.08. The largest absolute Gasteiger partial charge is 0.479 e. The number of carbonyl (C=O) groups excluding carboxylic acids is 1. The summed E-state index contributed by atoms with van der Waals surface area (Å²) >= 11 is 12.3. The van der Waals surface area contributed by atoms with Crippen LogP contribution in [-0.2, 0) is 9.53 Å². The van der Waals surface area contributed by atoms with Crippen molar-refractivity contribution in [2.45, 2.75) is 6.92 Å². The fourth-order valence-corrected chi connectivity index (χ4v) is 2.58. The molecule has 0 aromatic heterocycles. The van der Waals surface area contributed by atoms with Crippen molar-refractivity contribution in [1.82, 2.24) is 0 Å². The Balaban J connectivity index is 2.01. The monoisotopic (exact) mass is 411 g/mol. The van der Waals surface area contributed by atoms with Gasteiger partial charge in [0.15, 0.2) is 12.4 Å². The molecule has 0 fully saturated rings. The van der Waals surface area contributed by atoms with E-state index in [1.165, 1.54) is 30.5 Å². The van der Waals surface area contributed by atoms with Crippen molar-refractivity contribution in [3.05, 3.63) is 62.1 Å². The second kappa shape index (κ2) is 9.75. The van der Waals surface area contributed by atoms with Crippen LogP contribution >= 0.6 is 23.2 Å². The number of esters is 1. The van der Waals surface area contributed by atoms with Crippen LogP contribution in [-0.4, -0.2) is 30.3 Å². The Morgan fingerprint density at radius 2 is 1.89 bits per heavy atom. The van der Waals surface area contributed by atoms with Gasteiger partial charge >= 0.3 is 5.97 Å². The fraction of sp³-hybridized carbons (Fsp3) is 0.176.